The lowest BCUT2D eigenvalue weighted by atomic mass is 10.2. The van der Waals surface area contributed by atoms with E-state index in [1.165, 1.54) is 18.4 Å². The van der Waals surface area contributed by atoms with Gasteiger partial charge in [0.25, 0.3) is 5.91 Å². The van der Waals surface area contributed by atoms with Crippen LogP contribution in [0.4, 0.5) is 5.69 Å². The Morgan fingerprint density at radius 2 is 2.46 bits per heavy atom. The van der Waals surface area contributed by atoms with Gasteiger partial charge in [-0.1, -0.05) is 0 Å². The van der Waals surface area contributed by atoms with Crippen molar-refractivity contribution in [2.75, 3.05) is 25.3 Å². The van der Waals surface area contributed by atoms with Gasteiger partial charge in [0, 0.05) is 19.2 Å². The molecule has 2 aromatic rings. The largest absolute Gasteiger partial charge is 0.386 e. The maximum Gasteiger partial charge on any atom is 0.260 e. The van der Waals surface area contributed by atoms with Gasteiger partial charge in [-0.3, -0.25) is 9.69 Å². The van der Waals surface area contributed by atoms with Crippen LogP contribution < -0.4 is 4.90 Å². The first-order valence-corrected chi connectivity index (χ1v) is 8.33. The highest BCUT2D eigenvalue weighted by molar-refractivity contribution is 7.18. The van der Waals surface area contributed by atoms with Gasteiger partial charge in [-0.15, -0.1) is 11.3 Å². The van der Waals surface area contributed by atoms with Crippen LogP contribution in [-0.4, -0.2) is 42.5 Å². The topological polar surface area (TPSA) is 95.7 Å². The molecule has 0 spiro atoms. The summed E-state index contributed by atoms with van der Waals surface area (Å²) in [6, 6.07) is 7.51. The van der Waals surface area contributed by atoms with Crippen molar-refractivity contribution in [1.82, 2.24) is 4.98 Å². The van der Waals surface area contributed by atoms with Gasteiger partial charge in [0.2, 0.25) is 0 Å². The van der Waals surface area contributed by atoms with Crippen molar-refractivity contribution in [1.29, 1.82) is 5.26 Å². The Kier molecular flexibility index (Phi) is 5.06. The predicted molar refractivity (Wildman–Crippen MR) is 88.5 cm³/mol. The fraction of sp³-hybridized carbons (Fsp3) is 0.438. The second-order valence-electron chi connectivity index (χ2n) is 5.42. The van der Waals surface area contributed by atoms with E-state index in [1.54, 1.807) is 4.90 Å². The Morgan fingerprint density at radius 1 is 1.62 bits per heavy atom. The van der Waals surface area contributed by atoms with E-state index in [0.29, 0.717) is 11.4 Å². The number of benzene rings is 1. The van der Waals surface area contributed by atoms with E-state index in [4.69, 9.17) is 14.7 Å². The number of aliphatic hydroxyl groups is 1. The van der Waals surface area contributed by atoms with Crippen LogP contribution in [0.1, 0.15) is 24.0 Å². The molecule has 126 valence electrons. The van der Waals surface area contributed by atoms with Crippen LogP contribution >= 0.6 is 11.3 Å². The van der Waals surface area contributed by atoms with Crippen molar-refractivity contribution in [3.8, 4) is 6.07 Å². The second kappa shape index (κ2) is 7.23. The number of ether oxygens (including phenoxy) is 2. The third-order valence-corrected chi connectivity index (χ3v) is 4.90. The number of aliphatic hydroxyl groups excluding tert-OH is 1. The summed E-state index contributed by atoms with van der Waals surface area (Å²) in [6.45, 7) is 0.419. The van der Waals surface area contributed by atoms with Crippen molar-refractivity contribution < 1.29 is 19.4 Å². The molecule has 1 aliphatic heterocycles. The number of nitrogens with zero attached hydrogens (tertiary/aromatic N) is 3. The van der Waals surface area contributed by atoms with Crippen molar-refractivity contribution in [2.45, 2.75) is 25.0 Å². The first-order chi connectivity index (χ1) is 11.6. The molecular formula is C16H17N3O4S. The van der Waals surface area contributed by atoms with Gasteiger partial charge in [-0.25, -0.2) is 4.98 Å². The highest BCUT2D eigenvalue weighted by Crippen LogP contribution is 2.32. The molecule has 0 aliphatic carbocycles. The molecule has 1 aromatic carbocycles. The normalized spacial score (nSPS) is 19.0. The van der Waals surface area contributed by atoms with Crippen LogP contribution in [0.15, 0.2) is 18.2 Å². The minimum absolute atomic E-state index is 0.130. The van der Waals surface area contributed by atoms with Crippen molar-refractivity contribution in [3.05, 3.63) is 23.2 Å². The van der Waals surface area contributed by atoms with Crippen LogP contribution in [0.2, 0.25) is 0 Å². The maximum atomic E-state index is 12.3. The van der Waals surface area contributed by atoms with E-state index < -0.39 is 12.2 Å². The minimum atomic E-state index is -0.742. The highest BCUT2D eigenvalue weighted by Gasteiger charge is 2.33. The summed E-state index contributed by atoms with van der Waals surface area (Å²) < 4.78 is 11.3. The Bertz CT molecular complexity index is 785. The molecule has 1 aromatic heterocycles. The molecule has 3 rings (SSSR count). The predicted octanol–water partition coefficient (Wildman–Crippen LogP) is 1.97. The summed E-state index contributed by atoms with van der Waals surface area (Å²) >= 11 is 1.37. The van der Waals surface area contributed by atoms with Crippen molar-refractivity contribution in [3.63, 3.8) is 0 Å². The monoisotopic (exact) mass is 347 g/mol. The molecule has 1 N–H and O–H groups in total. The fourth-order valence-electron chi connectivity index (χ4n) is 2.51. The Balaban J connectivity index is 1.82. The third kappa shape index (κ3) is 3.25. The molecule has 2 atom stereocenters. The van der Waals surface area contributed by atoms with Crippen LogP contribution in [-0.2, 0) is 14.3 Å². The molecule has 2 unspecified atom stereocenters. The standard InChI is InChI=1S/C16H17N3O4S/c1-22-8-13-16(21)19(9-23-13)10-4-5-11-14(7-10)24-15(18-11)12(20)3-2-6-17/h4-5,7,12-13,20H,2-3,8-9H2,1H3. The van der Waals surface area contributed by atoms with Gasteiger partial charge in [0.05, 0.1) is 22.9 Å². The molecule has 0 bridgehead atoms. The molecule has 8 heteroatoms. The van der Waals surface area contributed by atoms with Crippen molar-refractivity contribution >= 4 is 33.1 Å². The number of thiazole rings is 1. The lowest BCUT2D eigenvalue weighted by Gasteiger charge is -2.14. The first-order valence-electron chi connectivity index (χ1n) is 7.51. The summed E-state index contributed by atoms with van der Waals surface area (Å²) in [4.78, 5) is 18.3. The zero-order valence-corrected chi connectivity index (χ0v) is 14.0. The first kappa shape index (κ1) is 16.8. The minimum Gasteiger partial charge on any atom is -0.386 e. The molecule has 1 fully saturated rings. The number of anilines is 1. The Labute approximate surface area is 143 Å². The Morgan fingerprint density at radius 3 is 3.21 bits per heavy atom. The number of fused-ring (bicyclic) bond motifs is 1. The number of methoxy groups -OCH3 is 1. The molecule has 2 heterocycles. The average molecular weight is 347 g/mol. The highest BCUT2D eigenvalue weighted by atomic mass is 32.1. The molecule has 1 amide bonds. The van der Waals surface area contributed by atoms with Crippen LogP contribution in [0, 0.1) is 11.3 Å². The maximum absolute atomic E-state index is 12.3. The smallest absolute Gasteiger partial charge is 0.260 e. The zero-order valence-electron chi connectivity index (χ0n) is 13.1. The molecule has 7 nitrogen and oxygen atoms in total. The SMILES string of the molecule is COCC1OCN(c2ccc3nc(C(O)CCC#N)sc3c2)C1=O. The number of carbonyl (C=O) groups excluding carboxylic acids is 1. The summed E-state index contributed by atoms with van der Waals surface area (Å²) in [5.41, 5.74) is 1.49. The van der Waals surface area contributed by atoms with E-state index in [9.17, 15) is 9.90 Å². The number of rotatable bonds is 6. The number of hydrogen-bond donors (Lipinski definition) is 1. The van der Waals surface area contributed by atoms with Crippen LogP contribution in [0.5, 0.6) is 0 Å². The summed E-state index contributed by atoms with van der Waals surface area (Å²) in [5.74, 6) is -0.130. The van der Waals surface area contributed by atoms with Gasteiger partial charge >= 0.3 is 0 Å². The summed E-state index contributed by atoms with van der Waals surface area (Å²) in [5, 5.41) is 19.3. The van der Waals surface area contributed by atoms with Gasteiger partial charge in [0.1, 0.15) is 17.8 Å². The summed E-state index contributed by atoms with van der Waals surface area (Å²) in [6.07, 6.45) is -0.674. The number of nitriles is 1. The molecule has 1 aliphatic rings. The molecule has 0 saturated carbocycles. The van der Waals surface area contributed by atoms with Gasteiger partial charge in [0.15, 0.2) is 6.10 Å². The van der Waals surface area contributed by atoms with E-state index in [1.807, 2.05) is 24.3 Å². The quantitative estimate of drug-likeness (QED) is 0.858. The van der Waals surface area contributed by atoms with Gasteiger partial charge in [-0.05, 0) is 24.6 Å². The number of amides is 1. The van der Waals surface area contributed by atoms with E-state index in [0.717, 1.165) is 15.9 Å². The molecular weight excluding hydrogens is 330 g/mol. The van der Waals surface area contributed by atoms with E-state index in [2.05, 4.69) is 4.98 Å². The van der Waals surface area contributed by atoms with Crippen LogP contribution in [0.3, 0.4) is 0 Å². The zero-order chi connectivity index (χ0) is 17.1. The van der Waals surface area contributed by atoms with Crippen molar-refractivity contribution in [2.24, 2.45) is 0 Å². The van der Waals surface area contributed by atoms with E-state index >= 15 is 0 Å². The lowest BCUT2D eigenvalue weighted by Crippen LogP contribution is -2.31. The fourth-order valence-corrected chi connectivity index (χ4v) is 3.53. The van der Waals surface area contributed by atoms with Gasteiger partial charge in [-0.2, -0.15) is 5.26 Å². The lowest BCUT2D eigenvalue weighted by molar-refractivity contribution is -0.124. The van der Waals surface area contributed by atoms with Gasteiger partial charge < -0.3 is 14.6 Å². The second-order valence-corrected chi connectivity index (χ2v) is 6.48. The number of hydrogen-bond acceptors (Lipinski definition) is 7. The van der Waals surface area contributed by atoms with Crippen LogP contribution in [0.25, 0.3) is 10.2 Å². The van der Waals surface area contributed by atoms with E-state index in [-0.39, 0.29) is 25.7 Å². The number of aromatic nitrogens is 1. The third-order valence-electron chi connectivity index (χ3n) is 3.78. The average Bonchev–Trinajstić information content (AvgIpc) is 3.16. The molecule has 0 radical (unpaired) electrons. The Hall–Kier alpha value is -2.05. The molecule has 1 saturated heterocycles. The summed E-state index contributed by atoms with van der Waals surface area (Å²) in [7, 11) is 1.53. The molecule has 24 heavy (non-hydrogen) atoms. The number of carbonyl (C=O) groups is 1.